The Labute approximate surface area is 127 Å². The molecule has 0 saturated carbocycles. The first-order chi connectivity index (χ1) is 9.58. The summed E-state index contributed by atoms with van der Waals surface area (Å²) in [4.78, 5) is 10.5. The largest absolute Gasteiger partial charge is 0.370 e. The van der Waals surface area contributed by atoms with Crippen LogP contribution in [-0.2, 0) is 6.54 Å². The fourth-order valence-electron chi connectivity index (χ4n) is 1.91. The van der Waals surface area contributed by atoms with Gasteiger partial charge in [0.25, 0.3) is 0 Å². The number of nitrogen functional groups attached to an aromatic ring is 1. The highest BCUT2D eigenvalue weighted by Crippen LogP contribution is 2.19. The van der Waals surface area contributed by atoms with Gasteiger partial charge in [0.2, 0.25) is 5.95 Å². The molecule has 0 fully saturated rings. The molecule has 0 unspecified atom stereocenters. The van der Waals surface area contributed by atoms with E-state index in [2.05, 4.69) is 43.3 Å². The van der Waals surface area contributed by atoms with Crippen LogP contribution in [0.1, 0.15) is 12.5 Å². The average Bonchev–Trinajstić information content (AvgIpc) is 2.38. The van der Waals surface area contributed by atoms with E-state index in [4.69, 9.17) is 5.73 Å². The lowest BCUT2D eigenvalue weighted by Gasteiger charge is -2.19. The summed E-state index contributed by atoms with van der Waals surface area (Å²) in [5, 5.41) is 3.15. The van der Waals surface area contributed by atoms with Gasteiger partial charge in [-0.3, -0.25) is 0 Å². The Morgan fingerprint density at radius 1 is 1.30 bits per heavy atom. The van der Waals surface area contributed by atoms with Crippen LogP contribution in [0.3, 0.4) is 0 Å². The fourth-order valence-corrected chi connectivity index (χ4v) is 2.36. The number of rotatable bonds is 5. The lowest BCUT2D eigenvalue weighted by atomic mass is 10.2. The first-order valence-corrected chi connectivity index (χ1v) is 7.22. The van der Waals surface area contributed by atoms with Crippen LogP contribution in [0.15, 0.2) is 34.8 Å². The van der Waals surface area contributed by atoms with Crippen LogP contribution in [0.5, 0.6) is 0 Å². The minimum atomic E-state index is 0.277. The van der Waals surface area contributed by atoms with Gasteiger partial charge in [-0.1, -0.05) is 28.1 Å². The molecule has 0 aliphatic carbocycles. The maximum absolute atomic E-state index is 5.75. The van der Waals surface area contributed by atoms with Gasteiger partial charge in [-0.15, -0.1) is 0 Å². The quantitative estimate of drug-likeness (QED) is 0.879. The van der Waals surface area contributed by atoms with Gasteiger partial charge < -0.3 is 16.0 Å². The van der Waals surface area contributed by atoms with E-state index < -0.39 is 0 Å². The van der Waals surface area contributed by atoms with Crippen molar-refractivity contribution in [1.82, 2.24) is 9.97 Å². The fraction of sp³-hybridized carbons (Fsp3) is 0.286. The molecule has 1 aromatic carbocycles. The molecule has 0 atom stereocenters. The maximum Gasteiger partial charge on any atom is 0.223 e. The number of hydrogen-bond acceptors (Lipinski definition) is 5. The van der Waals surface area contributed by atoms with E-state index in [-0.39, 0.29) is 5.95 Å². The number of halogens is 1. The summed E-state index contributed by atoms with van der Waals surface area (Å²) >= 11 is 3.48. The number of nitrogens with two attached hydrogens (primary N) is 1. The predicted molar refractivity (Wildman–Crippen MR) is 86.9 cm³/mol. The summed E-state index contributed by atoms with van der Waals surface area (Å²) in [6.07, 6.45) is 0. The molecular formula is C14H18BrN5. The highest BCUT2D eigenvalue weighted by atomic mass is 79.9. The second kappa shape index (κ2) is 6.56. The number of benzene rings is 1. The third kappa shape index (κ3) is 3.84. The Bertz CT molecular complexity index is 588. The molecule has 1 aromatic heterocycles. The van der Waals surface area contributed by atoms with Crippen molar-refractivity contribution in [3.8, 4) is 0 Å². The first kappa shape index (κ1) is 14.6. The average molecular weight is 336 g/mol. The zero-order valence-corrected chi connectivity index (χ0v) is 13.2. The van der Waals surface area contributed by atoms with Crippen molar-refractivity contribution in [2.24, 2.45) is 0 Å². The van der Waals surface area contributed by atoms with Crippen LogP contribution in [0.4, 0.5) is 17.6 Å². The normalized spacial score (nSPS) is 10.3. The Morgan fingerprint density at radius 2 is 2.10 bits per heavy atom. The lowest BCUT2D eigenvalue weighted by Crippen LogP contribution is -2.19. The SMILES string of the molecule is CCNc1cc(N(C)Cc2cccc(Br)c2)nc(N)n1. The first-order valence-electron chi connectivity index (χ1n) is 6.42. The van der Waals surface area contributed by atoms with Gasteiger partial charge in [0.15, 0.2) is 0 Å². The van der Waals surface area contributed by atoms with Gasteiger partial charge in [-0.2, -0.15) is 9.97 Å². The van der Waals surface area contributed by atoms with Gasteiger partial charge in [0.05, 0.1) is 0 Å². The monoisotopic (exact) mass is 335 g/mol. The molecule has 2 rings (SSSR count). The molecule has 20 heavy (non-hydrogen) atoms. The van der Waals surface area contributed by atoms with Crippen molar-refractivity contribution < 1.29 is 0 Å². The second-order valence-electron chi connectivity index (χ2n) is 4.49. The minimum absolute atomic E-state index is 0.277. The zero-order chi connectivity index (χ0) is 14.5. The van der Waals surface area contributed by atoms with Gasteiger partial charge >= 0.3 is 0 Å². The summed E-state index contributed by atoms with van der Waals surface area (Å²) in [5.41, 5.74) is 6.95. The second-order valence-corrected chi connectivity index (χ2v) is 5.40. The maximum atomic E-state index is 5.75. The molecular weight excluding hydrogens is 318 g/mol. The van der Waals surface area contributed by atoms with E-state index in [0.717, 1.165) is 29.2 Å². The van der Waals surface area contributed by atoms with E-state index in [1.54, 1.807) is 0 Å². The van der Waals surface area contributed by atoms with Crippen molar-refractivity contribution in [3.05, 3.63) is 40.4 Å². The van der Waals surface area contributed by atoms with E-state index in [9.17, 15) is 0 Å². The lowest BCUT2D eigenvalue weighted by molar-refractivity contribution is 0.893. The van der Waals surface area contributed by atoms with Crippen LogP contribution in [0.2, 0.25) is 0 Å². The number of aromatic nitrogens is 2. The van der Waals surface area contributed by atoms with Crippen LogP contribution >= 0.6 is 15.9 Å². The van der Waals surface area contributed by atoms with Crippen molar-refractivity contribution in [2.45, 2.75) is 13.5 Å². The van der Waals surface area contributed by atoms with Crippen LogP contribution in [0.25, 0.3) is 0 Å². The molecule has 2 aromatic rings. The van der Waals surface area contributed by atoms with Crippen LogP contribution < -0.4 is 16.0 Å². The van der Waals surface area contributed by atoms with Gasteiger partial charge in [-0.25, -0.2) is 0 Å². The summed E-state index contributed by atoms with van der Waals surface area (Å²) < 4.78 is 1.07. The summed E-state index contributed by atoms with van der Waals surface area (Å²) in [5.74, 6) is 1.82. The van der Waals surface area contributed by atoms with Crippen LogP contribution in [0, 0.1) is 0 Å². The van der Waals surface area contributed by atoms with Gasteiger partial charge in [0.1, 0.15) is 11.6 Å². The molecule has 0 spiro atoms. The van der Waals surface area contributed by atoms with Gasteiger partial charge in [-0.05, 0) is 24.6 Å². The third-order valence-corrected chi connectivity index (χ3v) is 3.28. The van der Waals surface area contributed by atoms with Crippen LogP contribution in [-0.4, -0.2) is 23.6 Å². The Morgan fingerprint density at radius 3 is 2.80 bits per heavy atom. The Balaban J connectivity index is 2.18. The molecule has 0 saturated heterocycles. The number of hydrogen-bond donors (Lipinski definition) is 2. The summed E-state index contributed by atoms with van der Waals surface area (Å²) in [6.45, 7) is 3.57. The van der Waals surface area contributed by atoms with E-state index in [0.29, 0.717) is 0 Å². The van der Waals surface area contributed by atoms with E-state index in [1.807, 2.05) is 37.1 Å². The van der Waals surface area contributed by atoms with Crippen molar-refractivity contribution in [2.75, 3.05) is 29.5 Å². The molecule has 106 valence electrons. The van der Waals surface area contributed by atoms with Crippen molar-refractivity contribution in [3.63, 3.8) is 0 Å². The predicted octanol–water partition coefficient (Wildman–Crippen LogP) is 2.89. The summed E-state index contributed by atoms with van der Waals surface area (Å²) in [7, 11) is 1.98. The number of nitrogens with zero attached hydrogens (tertiary/aromatic N) is 3. The highest BCUT2D eigenvalue weighted by molar-refractivity contribution is 9.10. The molecule has 0 radical (unpaired) electrons. The van der Waals surface area contributed by atoms with Crippen molar-refractivity contribution in [1.29, 1.82) is 0 Å². The number of nitrogens with one attached hydrogen (secondary N) is 1. The molecule has 3 N–H and O–H groups in total. The zero-order valence-electron chi connectivity index (χ0n) is 11.6. The van der Waals surface area contributed by atoms with E-state index >= 15 is 0 Å². The van der Waals surface area contributed by atoms with Crippen molar-refractivity contribution >= 4 is 33.5 Å². The van der Waals surface area contributed by atoms with Gasteiger partial charge in [0, 0.05) is 30.7 Å². The number of anilines is 3. The topological polar surface area (TPSA) is 67.1 Å². The summed E-state index contributed by atoms with van der Waals surface area (Å²) in [6, 6.07) is 10.1. The highest BCUT2D eigenvalue weighted by Gasteiger charge is 2.07. The minimum Gasteiger partial charge on any atom is -0.370 e. The molecule has 0 aliphatic heterocycles. The molecule has 5 nitrogen and oxygen atoms in total. The smallest absolute Gasteiger partial charge is 0.223 e. The van der Waals surface area contributed by atoms with E-state index in [1.165, 1.54) is 5.56 Å². The molecule has 6 heteroatoms. The standard InChI is InChI=1S/C14H18BrN5/c1-3-17-12-8-13(19-14(16)18-12)20(2)9-10-5-4-6-11(15)7-10/h4-8H,3,9H2,1-2H3,(H3,16,17,18,19). The molecule has 0 bridgehead atoms. The molecule has 1 heterocycles. The Kier molecular flexibility index (Phi) is 4.79. The Hall–Kier alpha value is -1.82. The molecule has 0 amide bonds. The third-order valence-electron chi connectivity index (χ3n) is 2.79. The molecule has 0 aliphatic rings.